The van der Waals surface area contributed by atoms with E-state index in [2.05, 4.69) is 0 Å². The van der Waals surface area contributed by atoms with Crippen LogP contribution >= 0.6 is 0 Å². The van der Waals surface area contributed by atoms with Gasteiger partial charge in [0, 0.05) is 18.2 Å². The molecule has 0 spiro atoms. The molecule has 5 heteroatoms. The molecule has 3 rings (SSSR count). The average Bonchev–Trinajstić information content (AvgIpc) is 2.67. The number of ether oxygens (including phenoxy) is 3. The van der Waals surface area contributed by atoms with Crippen molar-refractivity contribution in [2.75, 3.05) is 26.9 Å². The third kappa shape index (κ3) is 4.10. The van der Waals surface area contributed by atoms with Crippen LogP contribution in [0.1, 0.15) is 29.8 Å². The predicted octanol–water partition coefficient (Wildman–Crippen LogP) is 3.56. The Balaban J connectivity index is 1.71. The summed E-state index contributed by atoms with van der Waals surface area (Å²) in [7, 11) is 1.65. The van der Waals surface area contributed by atoms with Crippen molar-refractivity contribution in [1.29, 1.82) is 0 Å². The Bertz CT molecular complexity index is 755. The maximum absolute atomic E-state index is 13.0. The molecule has 138 valence electrons. The summed E-state index contributed by atoms with van der Waals surface area (Å²) in [6, 6.07) is 13.4. The van der Waals surface area contributed by atoms with Crippen LogP contribution in [-0.2, 0) is 6.42 Å². The van der Waals surface area contributed by atoms with Crippen LogP contribution in [-0.4, -0.2) is 43.7 Å². The number of methoxy groups -OCH3 is 1. The Morgan fingerprint density at radius 3 is 2.42 bits per heavy atom. The van der Waals surface area contributed by atoms with Gasteiger partial charge in [-0.1, -0.05) is 12.1 Å². The van der Waals surface area contributed by atoms with Crippen molar-refractivity contribution in [3.63, 3.8) is 0 Å². The Morgan fingerprint density at radius 1 is 1.08 bits per heavy atom. The van der Waals surface area contributed by atoms with Crippen molar-refractivity contribution in [1.82, 2.24) is 4.90 Å². The summed E-state index contributed by atoms with van der Waals surface area (Å²) in [6.07, 6.45) is 0.790. The third-order valence-corrected chi connectivity index (χ3v) is 4.47. The molecular formula is C21H25NO4. The van der Waals surface area contributed by atoms with Gasteiger partial charge >= 0.3 is 0 Å². The van der Waals surface area contributed by atoms with Crippen molar-refractivity contribution in [2.24, 2.45) is 0 Å². The quantitative estimate of drug-likeness (QED) is 0.795. The summed E-state index contributed by atoms with van der Waals surface area (Å²) < 4.78 is 16.3. The highest BCUT2D eigenvalue weighted by molar-refractivity contribution is 5.95. The summed E-state index contributed by atoms with van der Waals surface area (Å²) in [6.45, 7) is 5.77. The average molecular weight is 355 g/mol. The topological polar surface area (TPSA) is 48.0 Å². The smallest absolute Gasteiger partial charge is 0.254 e. The predicted molar refractivity (Wildman–Crippen MR) is 100 cm³/mol. The minimum atomic E-state index is 0.00508. The SMILES string of the molecule is COc1ccc(CCN(C(=O)c2ccc3c(c2)OCCO3)C(C)C)cc1. The molecule has 0 aliphatic carbocycles. The molecule has 0 saturated carbocycles. The molecule has 0 saturated heterocycles. The monoisotopic (exact) mass is 355 g/mol. The fourth-order valence-corrected chi connectivity index (χ4v) is 2.98. The Morgan fingerprint density at radius 2 is 1.77 bits per heavy atom. The van der Waals surface area contributed by atoms with Gasteiger partial charge in [-0.3, -0.25) is 4.79 Å². The van der Waals surface area contributed by atoms with Crippen LogP contribution in [0.5, 0.6) is 17.2 Å². The van der Waals surface area contributed by atoms with Crippen LogP contribution in [0.4, 0.5) is 0 Å². The largest absolute Gasteiger partial charge is 0.497 e. The van der Waals surface area contributed by atoms with Crippen molar-refractivity contribution in [2.45, 2.75) is 26.3 Å². The lowest BCUT2D eigenvalue weighted by molar-refractivity contribution is 0.0707. The first kappa shape index (κ1) is 18.1. The fraction of sp³-hybridized carbons (Fsp3) is 0.381. The number of carbonyl (C=O) groups is 1. The third-order valence-electron chi connectivity index (χ3n) is 4.47. The lowest BCUT2D eigenvalue weighted by Gasteiger charge is -2.27. The van der Waals surface area contributed by atoms with Crippen molar-refractivity contribution < 1.29 is 19.0 Å². The minimum Gasteiger partial charge on any atom is -0.497 e. The summed E-state index contributed by atoms with van der Waals surface area (Å²) in [5.41, 5.74) is 1.80. The highest BCUT2D eigenvalue weighted by atomic mass is 16.6. The van der Waals surface area contributed by atoms with Gasteiger partial charge in [0.15, 0.2) is 11.5 Å². The van der Waals surface area contributed by atoms with Crippen LogP contribution in [0, 0.1) is 0 Å². The molecular weight excluding hydrogens is 330 g/mol. The maximum Gasteiger partial charge on any atom is 0.254 e. The molecule has 0 bridgehead atoms. The van der Waals surface area contributed by atoms with Gasteiger partial charge in [0.05, 0.1) is 7.11 Å². The highest BCUT2D eigenvalue weighted by Gasteiger charge is 2.21. The molecule has 0 atom stereocenters. The van der Waals surface area contributed by atoms with Gasteiger partial charge in [0.1, 0.15) is 19.0 Å². The number of hydrogen-bond acceptors (Lipinski definition) is 4. The van der Waals surface area contributed by atoms with Gasteiger partial charge in [0.2, 0.25) is 0 Å². The second kappa shape index (κ2) is 8.13. The van der Waals surface area contributed by atoms with Gasteiger partial charge in [-0.15, -0.1) is 0 Å². The molecule has 0 fully saturated rings. The Hall–Kier alpha value is -2.69. The molecule has 0 N–H and O–H groups in total. The number of carbonyl (C=O) groups excluding carboxylic acids is 1. The number of nitrogens with zero attached hydrogens (tertiary/aromatic N) is 1. The van der Waals surface area contributed by atoms with Gasteiger partial charge in [0.25, 0.3) is 5.91 Å². The van der Waals surface area contributed by atoms with E-state index in [4.69, 9.17) is 14.2 Å². The van der Waals surface area contributed by atoms with E-state index in [1.807, 2.05) is 49.1 Å². The standard InChI is InChI=1S/C21H25NO4/c1-15(2)22(11-10-16-4-7-18(24-3)8-5-16)21(23)17-6-9-19-20(14-17)26-13-12-25-19/h4-9,14-15H,10-13H2,1-3H3. The van der Waals surface area contributed by atoms with E-state index in [0.29, 0.717) is 36.8 Å². The zero-order valence-electron chi connectivity index (χ0n) is 15.5. The van der Waals surface area contributed by atoms with E-state index in [-0.39, 0.29) is 11.9 Å². The molecule has 2 aromatic rings. The molecule has 2 aromatic carbocycles. The second-order valence-electron chi connectivity index (χ2n) is 6.55. The number of rotatable bonds is 6. The van der Waals surface area contributed by atoms with Gasteiger partial charge in [-0.25, -0.2) is 0 Å². The summed E-state index contributed by atoms with van der Waals surface area (Å²) in [5.74, 6) is 2.18. The van der Waals surface area contributed by atoms with E-state index in [1.54, 1.807) is 19.2 Å². The van der Waals surface area contributed by atoms with Gasteiger partial charge in [-0.05, 0) is 56.2 Å². The van der Waals surface area contributed by atoms with Gasteiger partial charge in [-0.2, -0.15) is 0 Å². The number of hydrogen-bond donors (Lipinski definition) is 0. The Labute approximate surface area is 154 Å². The fourth-order valence-electron chi connectivity index (χ4n) is 2.98. The number of fused-ring (bicyclic) bond motifs is 1. The van der Waals surface area contributed by atoms with Crippen LogP contribution in [0.25, 0.3) is 0 Å². The lowest BCUT2D eigenvalue weighted by atomic mass is 10.1. The van der Waals surface area contributed by atoms with Crippen molar-refractivity contribution in [3.05, 3.63) is 53.6 Å². The van der Waals surface area contributed by atoms with Crippen LogP contribution in [0.15, 0.2) is 42.5 Å². The molecule has 0 aromatic heterocycles. The first-order valence-electron chi connectivity index (χ1n) is 8.92. The van der Waals surface area contributed by atoms with E-state index < -0.39 is 0 Å². The van der Waals surface area contributed by atoms with Gasteiger partial charge < -0.3 is 19.1 Å². The second-order valence-corrected chi connectivity index (χ2v) is 6.55. The van der Waals surface area contributed by atoms with Crippen molar-refractivity contribution >= 4 is 5.91 Å². The van der Waals surface area contributed by atoms with E-state index in [0.717, 1.165) is 12.2 Å². The molecule has 1 heterocycles. The van der Waals surface area contributed by atoms with Crippen LogP contribution in [0.3, 0.4) is 0 Å². The zero-order chi connectivity index (χ0) is 18.5. The molecule has 26 heavy (non-hydrogen) atoms. The van der Waals surface area contributed by atoms with Crippen LogP contribution in [0.2, 0.25) is 0 Å². The first-order chi connectivity index (χ1) is 12.6. The minimum absolute atomic E-state index is 0.00508. The zero-order valence-corrected chi connectivity index (χ0v) is 15.5. The number of amides is 1. The summed E-state index contributed by atoms with van der Waals surface area (Å²) in [4.78, 5) is 14.9. The van der Waals surface area contributed by atoms with Crippen molar-refractivity contribution in [3.8, 4) is 17.2 Å². The Kier molecular flexibility index (Phi) is 5.66. The first-order valence-corrected chi connectivity index (χ1v) is 8.92. The highest BCUT2D eigenvalue weighted by Crippen LogP contribution is 2.31. The molecule has 0 unspecified atom stereocenters. The molecule has 5 nitrogen and oxygen atoms in total. The molecule has 0 radical (unpaired) electrons. The summed E-state index contributed by atoms with van der Waals surface area (Å²) >= 11 is 0. The molecule has 1 aliphatic rings. The summed E-state index contributed by atoms with van der Waals surface area (Å²) in [5, 5.41) is 0. The van der Waals surface area contributed by atoms with E-state index >= 15 is 0 Å². The maximum atomic E-state index is 13.0. The molecule has 1 aliphatic heterocycles. The van der Waals surface area contributed by atoms with E-state index in [1.165, 1.54) is 5.56 Å². The molecule has 1 amide bonds. The lowest BCUT2D eigenvalue weighted by Crippen LogP contribution is -2.38. The van der Waals surface area contributed by atoms with E-state index in [9.17, 15) is 4.79 Å². The van der Waals surface area contributed by atoms with Crippen LogP contribution < -0.4 is 14.2 Å². The number of benzene rings is 2. The normalized spacial score (nSPS) is 12.8.